The predicted molar refractivity (Wildman–Crippen MR) is 132 cm³/mol. The smallest absolute Gasteiger partial charge is 0.407 e. The molecule has 0 aromatic heterocycles. The van der Waals surface area contributed by atoms with Gasteiger partial charge in [0.25, 0.3) is 0 Å². The van der Waals surface area contributed by atoms with E-state index in [1.165, 1.54) is 7.11 Å². The average Bonchev–Trinajstić information content (AvgIpc) is 3.18. The molecular formula is C27H34N2O6. The molecule has 8 nitrogen and oxygen atoms in total. The van der Waals surface area contributed by atoms with Gasteiger partial charge in [0, 0.05) is 13.0 Å². The second-order valence-electron chi connectivity index (χ2n) is 8.83. The first kappa shape index (κ1) is 26.2. The first-order chi connectivity index (χ1) is 16.9. The highest BCUT2D eigenvalue weighted by Gasteiger charge is 2.40. The topological polar surface area (TPSA) is 114 Å². The number of amides is 2. The molecule has 1 aliphatic rings. The van der Waals surface area contributed by atoms with E-state index in [1.54, 1.807) is 6.92 Å². The number of carbonyl (C=O) groups excluding carboxylic acids is 2. The maximum Gasteiger partial charge on any atom is 0.407 e. The summed E-state index contributed by atoms with van der Waals surface area (Å²) in [6.07, 6.45) is 1.27. The third kappa shape index (κ3) is 5.82. The SMILES string of the molecule is CCCC[C@H](NC(=O)OCC1c2ccccc2-c2ccccc21)C(=O)NC(CC)(COC)C(=O)O. The summed E-state index contributed by atoms with van der Waals surface area (Å²) >= 11 is 0. The number of carboxylic acid groups (broad SMARTS) is 1. The van der Waals surface area contributed by atoms with E-state index in [2.05, 4.69) is 22.8 Å². The van der Waals surface area contributed by atoms with Gasteiger partial charge in [-0.25, -0.2) is 9.59 Å². The Hall–Kier alpha value is -3.39. The molecule has 0 radical (unpaired) electrons. The molecule has 2 atom stereocenters. The summed E-state index contributed by atoms with van der Waals surface area (Å²) in [5.74, 6) is -1.86. The van der Waals surface area contributed by atoms with Crippen molar-refractivity contribution in [2.45, 2.75) is 57.0 Å². The molecule has 0 fully saturated rings. The van der Waals surface area contributed by atoms with Gasteiger partial charge in [-0.3, -0.25) is 4.79 Å². The quantitative estimate of drug-likeness (QED) is 0.420. The van der Waals surface area contributed by atoms with Crippen molar-refractivity contribution in [2.75, 3.05) is 20.3 Å². The first-order valence-corrected chi connectivity index (χ1v) is 12.0. The largest absolute Gasteiger partial charge is 0.479 e. The molecule has 2 amide bonds. The normalized spacial score (nSPS) is 14.8. The molecule has 3 N–H and O–H groups in total. The zero-order valence-corrected chi connectivity index (χ0v) is 20.5. The van der Waals surface area contributed by atoms with Gasteiger partial charge in [-0.15, -0.1) is 0 Å². The molecule has 0 spiro atoms. The number of aliphatic carboxylic acids is 1. The molecule has 3 rings (SSSR count). The van der Waals surface area contributed by atoms with Crippen molar-refractivity contribution in [1.82, 2.24) is 10.6 Å². The van der Waals surface area contributed by atoms with E-state index >= 15 is 0 Å². The molecule has 0 bridgehead atoms. The molecule has 2 aromatic carbocycles. The lowest BCUT2D eigenvalue weighted by atomic mass is 9.96. The van der Waals surface area contributed by atoms with Crippen LogP contribution in [0.25, 0.3) is 11.1 Å². The Kier molecular flexibility index (Phi) is 8.87. The van der Waals surface area contributed by atoms with Crippen LogP contribution >= 0.6 is 0 Å². The third-order valence-electron chi connectivity index (χ3n) is 6.56. The van der Waals surface area contributed by atoms with Gasteiger partial charge in [0.05, 0.1) is 6.61 Å². The van der Waals surface area contributed by atoms with Gasteiger partial charge in [-0.1, -0.05) is 75.2 Å². The van der Waals surface area contributed by atoms with Crippen molar-refractivity contribution in [3.05, 3.63) is 59.7 Å². The van der Waals surface area contributed by atoms with Crippen LogP contribution in [0.4, 0.5) is 4.79 Å². The second-order valence-corrected chi connectivity index (χ2v) is 8.83. The summed E-state index contributed by atoms with van der Waals surface area (Å²) in [5, 5.41) is 14.9. The van der Waals surface area contributed by atoms with Crippen molar-refractivity contribution < 1.29 is 29.0 Å². The number of unbranched alkanes of at least 4 members (excludes halogenated alkanes) is 1. The summed E-state index contributed by atoms with van der Waals surface area (Å²) in [7, 11) is 1.38. The minimum absolute atomic E-state index is 0.0995. The van der Waals surface area contributed by atoms with E-state index in [0.717, 1.165) is 28.7 Å². The number of hydrogen-bond acceptors (Lipinski definition) is 5. The zero-order chi connectivity index (χ0) is 25.4. The highest BCUT2D eigenvalue weighted by molar-refractivity contribution is 5.91. The first-order valence-electron chi connectivity index (χ1n) is 12.0. The van der Waals surface area contributed by atoms with Crippen LogP contribution in [0.1, 0.15) is 56.6 Å². The Bertz CT molecular complexity index is 1010. The molecule has 8 heteroatoms. The molecule has 0 heterocycles. The number of ether oxygens (including phenoxy) is 2. The van der Waals surface area contributed by atoms with Gasteiger partial charge in [-0.05, 0) is 35.1 Å². The fourth-order valence-electron chi connectivity index (χ4n) is 4.52. The number of hydrogen-bond donors (Lipinski definition) is 3. The van der Waals surface area contributed by atoms with E-state index < -0.39 is 29.6 Å². The molecule has 188 valence electrons. The molecule has 1 unspecified atom stereocenters. The lowest BCUT2D eigenvalue weighted by Crippen LogP contribution is -2.61. The van der Waals surface area contributed by atoms with Gasteiger partial charge in [0.15, 0.2) is 5.54 Å². The Morgan fingerprint density at radius 1 is 1.03 bits per heavy atom. The molecule has 0 saturated heterocycles. The van der Waals surface area contributed by atoms with Crippen LogP contribution in [0, 0.1) is 0 Å². The minimum Gasteiger partial charge on any atom is -0.479 e. The summed E-state index contributed by atoms with van der Waals surface area (Å²) in [4.78, 5) is 37.6. The monoisotopic (exact) mass is 482 g/mol. The Balaban J connectivity index is 1.69. The van der Waals surface area contributed by atoms with Crippen LogP contribution in [0.15, 0.2) is 48.5 Å². The Morgan fingerprint density at radius 2 is 1.63 bits per heavy atom. The lowest BCUT2D eigenvalue weighted by molar-refractivity contribution is -0.150. The average molecular weight is 483 g/mol. The molecule has 2 aromatic rings. The third-order valence-corrected chi connectivity index (χ3v) is 6.56. The molecule has 35 heavy (non-hydrogen) atoms. The summed E-state index contributed by atoms with van der Waals surface area (Å²) in [6.45, 7) is 3.57. The zero-order valence-electron chi connectivity index (χ0n) is 20.5. The number of rotatable bonds is 12. The van der Waals surface area contributed by atoms with Crippen molar-refractivity contribution in [3.8, 4) is 11.1 Å². The van der Waals surface area contributed by atoms with Crippen molar-refractivity contribution in [2.24, 2.45) is 0 Å². The predicted octanol–water partition coefficient (Wildman–Crippen LogP) is 4.08. The van der Waals surface area contributed by atoms with E-state index in [9.17, 15) is 19.5 Å². The van der Waals surface area contributed by atoms with Crippen LogP contribution in [-0.4, -0.2) is 55.0 Å². The van der Waals surface area contributed by atoms with Crippen molar-refractivity contribution in [1.29, 1.82) is 0 Å². The number of carbonyl (C=O) groups is 3. The van der Waals surface area contributed by atoms with E-state index in [0.29, 0.717) is 12.8 Å². The maximum absolute atomic E-state index is 13.0. The highest BCUT2D eigenvalue weighted by Crippen LogP contribution is 2.44. The van der Waals surface area contributed by atoms with Gasteiger partial charge in [0.1, 0.15) is 12.6 Å². The van der Waals surface area contributed by atoms with Gasteiger partial charge in [0.2, 0.25) is 5.91 Å². The van der Waals surface area contributed by atoms with Gasteiger partial charge < -0.3 is 25.2 Å². The van der Waals surface area contributed by atoms with Gasteiger partial charge in [-0.2, -0.15) is 0 Å². The van der Waals surface area contributed by atoms with Crippen LogP contribution in [0.5, 0.6) is 0 Å². The molecular weight excluding hydrogens is 448 g/mol. The maximum atomic E-state index is 13.0. The highest BCUT2D eigenvalue weighted by atomic mass is 16.5. The fourth-order valence-corrected chi connectivity index (χ4v) is 4.52. The number of alkyl carbamates (subject to hydrolysis) is 1. The number of methoxy groups -OCH3 is 1. The number of carboxylic acids is 1. The van der Waals surface area contributed by atoms with E-state index in [4.69, 9.17) is 9.47 Å². The van der Waals surface area contributed by atoms with Gasteiger partial charge >= 0.3 is 12.1 Å². The summed E-state index contributed by atoms with van der Waals surface area (Å²) in [6, 6.07) is 15.2. The van der Waals surface area contributed by atoms with Crippen LogP contribution in [-0.2, 0) is 19.1 Å². The molecule has 0 saturated carbocycles. The number of benzene rings is 2. The summed E-state index contributed by atoms with van der Waals surface area (Å²) in [5.41, 5.74) is 2.87. The van der Waals surface area contributed by atoms with Crippen LogP contribution in [0.3, 0.4) is 0 Å². The standard InChI is InChI=1S/C27H34N2O6/c1-4-6-15-23(24(30)29-27(5-2,17-34-3)25(31)32)28-26(33)35-16-22-20-13-9-7-11-18(20)19-12-8-10-14-21(19)22/h7-14,22-23H,4-6,15-17H2,1-3H3,(H,28,33)(H,29,30)(H,31,32)/t23-,27?/m0/s1. The van der Waals surface area contributed by atoms with E-state index in [1.807, 2.05) is 43.3 Å². The Labute approximate surface area is 206 Å². The Morgan fingerprint density at radius 3 is 2.14 bits per heavy atom. The van der Waals surface area contributed by atoms with Crippen molar-refractivity contribution in [3.63, 3.8) is 0 Å². The fraction of sp³-hybridized carbons (Fsp3) is 0.444. The number of fused-ring (bicyclic) bond motifs is 3. The van der Waals surface area contributed by atoms with Crippen LogP contribution in [0.2, 0.25) is 0 Å². The molecule has 1 aliphatic carbocycles. The number of nitrogens with one attached hydrogen (secondary N) is 2. The summed E-state index contributed by atoms with van der Waals surface area (Å²) < 4.78 is 10.6. The minimum atomic E-state index is -1.57. The van der Waals surface area contributed by atoms with E-state index in [-0.39, 0.29) is 25.6 Å². The molecule has 0 aliphatic heterocycles. The lowest BCUT2D eigenvalue weighted by Gasteiger charge is -2.30. The van der Waals surface area contributed by atoms with Crippen LogP contribution < -0.4 is 10.6 Å². The second kappa shape index (κ2) is 11.8. The van der Waals surface area contributed by atoms with Crippen molar-refractivity contribution >= 4 is 18.0 Å².